The third-order valence-electron chi connectivity index (χ3n) is 5.98. The molecule has 2 amide bonds. The lowest BCUT2D eigenvalue weighted by Crippen LogP contribution is -2.52. The second-order valence-corrected chi connectivity index (χ2v) is 7.93. The number of nitrogens with two attached hydrogens (primary N) is 1. The molecule has 8 nitrogen and oxygen atoms in total. The van der Waals surface area contributed by atoms with E-state index in [1.807, 2.05) is 13.8 Å². The number of hydrogen-bond acceptors (Lipinski definition) is 6. The summed E-state index contributed by atoms with van der Waals surface area (Å²) < 4.78 is 5.41. The summed E-state index contributed by atoms with van der Waals surface area (Å²) in [7, 11) is 0. The first-order chi connectivity index (χ1) is 13.4. The van der Waals surface area contributed by atoms with Crippen LogP contribution in [-0.2, 0) is 21.5 Å². The zero-order valence-corrected chi connectivity index (χ0v) is 18.7. The molecule has 0 saturated heterocycles. The van der Waals surface area contributed by atoms with E-state index in [1.165, 1.54) is 6.92 Å². The quantitative estimate of drug-likeness (QED) is 0.518. The molecule has 1 heterocycles. The van der Waals surface area contributed by atoms with E-state index in [-0.39, 0.29) is 36.2 Å². The van der Waals surface area contributed by atoms with Crippen LogP contribution in [0.25, 0.3) is 0 Å². The monoisotopic (exact) mass is 429 g/mol. The number of carbonyl (C=O) groups is 2. The highest BCUT2D eigenvalue weighted by Crippen LogP contribution is 2.34. The Bertz CT molecular complexity index is 644. The minimum absolute atomic E-state index is 0. The second-order valence-electron chi connectivity index (χ2n) is 7.93. The van der Waals surface area contributed by atoms with Crippen LogP contribution in [0.5, 0.6) is 0 Å². The van der Waals surface area contributed by atoms with Crippen molar-refractivity contribution in [2.45, 2.75) is 96.1 Å². The Labute approximate surface area is 179 Å². The Hall–Kier alpha value is -1.67. The number of aryl methyl sites for hydroxylation is 1. The molecular weight excluding hydrogens is 394 g/mol. The molecule has 0 spiro atoms. The normalized spacial score (nSPS) is 16.4. The highest BCUT2D eigenvalue weighted by Gasteiger charge is 2.38. The number of carbonyl (C=O) groups excluding carboxylic acids is 2. The van der Waals surface area contributed by atoms with Crippen molar-refractivity contribution >= 4 is 24.2 Å². The molecule has 9 heteroatoms. The molecule has 0 aromatic carbocycles. The lowest BCUT2D eigenvalue weighted by atomic mass is 9.89. The van der Waals surface area contributed by atoms with Crippen molar-refractivity contribution < 1.29 is 14.1 Å². The van der Waals surface area contributed by atoms with Crippen LogP contribution in [-0.4, -0.2) is 34.0 Å². The zero-order chi connectivity index (χ0) is 20.6. The van der Waals surface area contributed by atoms with E-state index in [1.54, 1.807) is 0 Å². The fraction of sp³-hybridized carbons (Fsp3) is 0.800. The lowest BCUT2D eigenvalue weighted by molar-refractivity contribution is -0.123. The number of rotatable bonds is 9. The van der Waals surface area contributed by atoms with Gasteiger partial charge in [-0.3, -0.25) is 9.59 Å². The summed E-state index contributed by atoms with van der Waals surface area (Å²) in [5, 5.41) is 10.3. The average Bonchev–Trinajstić information content (AvgIpc) is 3.04. The van der Waals surface area contributed by atoms with Gasteiger partial charge in [0, 0.05) is 26.3 Å². The van der Waals surface area contributed by atoms with Crippen molar-refractivity contribution in [2.75, 3.05) is 6.54 Å². The average molecular weight is 430 g/mol. The number of amides is 2. The zero-order valence-electron chi connectivity index (χ0n) is 17.9. The summed E-state index contributed by atoms with van der Waals surface area (Å²) in [6.45, 7) is 5.98. The third kappa shape index (κ3) is 6.67. The molecule has 1 saturated carbocycles. The standard InChI is InChI=1S/C20H35N5O3.ClH/c1-4-19(5-2,14-21)24-16(27)10-11-17-22-18(25-28-17)20(23-15(3)26)12-8-6-7-9-13-20;/h4-14,21H2,1-3H3,(H,23,26)(H,24,27);1H. The molecule has 0 radical (unpaired) electrons. The molecule has 1 fully saturated rings. The van der Waals surface area contributed by atoms with Crippen molar-refractivity contribution in [3.8, 4) is 0 Å². The molecular formula is C20H36ClN5O3. The minimum Gasteiger partial charge on any atom is -0.349 e. The maximum absolute atomic E-state index is 12.4. The fourth-order valence-corrected chi connectivity index (χ4v) is 3.97. The van der Waals surface area contributed by atoms with Crippen LogP contribution in [0, 0.1) is 0 Å². The second kappa shape index (κ2) is 11.5. The van der Waals surface area contributed by atoms with Crippen LogP contribution in [0.1, 0.15) is 90.3 Å². The number of nitrogens with zero attached hydrogens (tertiary/aromatic N) is 2. The maximum atomic E-state index is 12.4. The van der Waals surface area contributed by atoms with E-state index in [9.17, 15) is 9.59 Å². The van der Waals surface area contributed by atoms with Crippen LogP contribution in [0.3, 0.4) is 0 Å². The van der Waals surface area contributed by atoms with E-state index >= 15 is 0 Å². The van der Waals surface area contributed by atoms with Crippen molar-refractivity contribution in [1.82, 2.24) is 20.8 Å². The van der Waals surface area contributed by atoms with E-state index < -0.39 is 5.54 Å². The molecule has 2 rings (SSSR count). The van der Waals surface area contributed by atoms with E-state index in [0.717, 1.165) is 51.4 Å². The molecule has 1 aliphatic rings. The Kier molecular flexibility index (Phi) is 10.1. The Morgan fingerprint density at radius 1 is 1.17 bits per heavy atom. The van der Waals surface area contributed by atoms with Gasteiger partial charge in [0.15, 0.2) is 5.82 Å². The molecule has 0 atom stereocenters. The van der Waals surface area contributed by atoms with Crippen molar-refractivity contribution in [2.24, 2.45) is 5.73 Å². The van der Waals surface area contributed by atoms with Gasteiger partial charge in [-0.2, -0.15) is 4.98 Å². The van der Waals surface area contributed by atoms with E-state index in [2.05, 4.69) is 20.8 Å². The third-order valence-corrected chi connectivity index (χ3v) is 5.98. The lowest BCUT2D eigenvalue weighted by Gasteiger charge is -2.31. The first kappa shape index (κ1) is 25.4. The molecule has 166 valence electrons. The van der Waals surface area contributed by atoms with Gasteiger partial charge < -0.3 is 20.9 Å². The number of aromatic nitrogens is 2. The highest BCUT2D eigenvalue weighted by molar-refractivity contribution is 5.85. The SMILES string of the molecule is CCC(CC)(CN)NC(=O)CCc1nc(C2(NC(C)=O)CCCCCC2)no1.Cl. The van der Waals surface area contributed by atoms with Crippen molar-refractivity contribution in [3.05, 3.63) is 11.7 Å². The predicted octanol–water partition coefficient (Wildman–Crippen LogP) is 2.74. The number of nitrogens with one attached hydrogen (secondary N) is 2. The van der Waals surface area contributed by atoms with Crippen molar-refractivity contribution in [3.63, 3.8) is 0 Å². The Morgan fingerprint density at radius 2 is 1.79 bits per heavy atom. The first-order valence-corrected chi connectivity index (χ1v) is 10.5. The van der Waals surface area contributed by atoms with E-state index in [0.29, 0.717) is 24.7 Å². The summed E-state index contributed by atoms with van der Waals surface area (Å²) in [4.78, 5) is 28.7. The Balaban J connectivity index is 0.00000420. The van der Waals surface area contributed by atoms with Gasteiger partial charge in [-0.1, -0.05) is 44.7 Å². The summed E-state index contributed by atoms with van der Waals surface area (Å²) >= 11 is 0. The summed E-state index contributed by atoms with van der Waals surface area (Å²) in [5.41, 5.74) is 4.93. The highest BCUT2D eigenvalue weighted by atomic mass is 35.5. The maximum Gasteiger partial charge on any atom is 0.227 e. The van der Waals surface area contributed by atoms with Crippen LogP contribution in [0.4, 0.5) is 0 Å². The van der Waals surface area contributed by atoms with Gasteiger partial charge in [-0.25, -0.2) is 0 Å². The van der Waals surface area contributed by atoms with Gasteiger partial charge in [0.25, 0.3) is 0 Å². The molecule has 0 bridgehead atoms. The van der Waals surface area contributed by atoms with E-state index in [4.69, 9.17) is 10.3 Å². The molecule has 4 N–H and O–H groups in total. The molecule has 0 unspecified atom stereocenters. The van der Waals surface area contributed by atoms with Crippen molar-refractivity contribution in [1.29, 1.82) is 0 Å². The fourth-order valence-electron chi connectivity index (χ4n) is 3.97. The summed E-state index contributed by atoms with van der Waals surface area (Å²) in [6, 6.07) is 0. The number of halogens is 1. The smallest absolute Gasteiger partial charge is 0.227 e. The van der Waals surface area contributed by atoms with Gasteiger partial charge in [0.05, 0.1) is 5.54 Å². The topological polar surface area (TPSA) is 123 Å². The van der Waals surface area contributed by atoms with Crippen LogP contribution >= 0.6 is 12.4 Å². The number of hydrogen-bond donors (Lipinski definition) is 3. The molecule has 1 aromatic heterocycles. The first-order valence-electron chi connectivity index (χ1n) is 10.5. The molecule has 1 aliphatic carbocycles. The van der Waals surface area contributed by atoms with Gasteiger partial charge in [0.2, 0.25) is 17.7 Å². The summed E-state index contributed by atoms with van der Waals surface area (Å²) in [5.74, 6) is 0.786. The van der Waals surface area contributed by atoms with Gasteiger partial charge in [-0.05, 0) is 25.7 Å². The van der Waals surface area contributed by atoms with Crippen LogP contribution < -0.4 is 16.4 Å². The van der Waals surface area contributed by atoms with Crippen LogP contribution in [0.15, 0.2) is 4.52 Å². The minimum atomic E-state index is -0.564. The molecule has 29 heavy (non-hydrogen) atoms. The molecule has 0 aliphatic heterocycles. The van der Waals surface area contributed by atoms with Gasteiger partial charge >= 0.3 is 0 Å². The van der Waals surface area contributed by atoms with Gasteiger partial charge in [-0.15, -0.1) is 12.4 Å². The molecule has 1 aromatic rings. The largest absolute Gasteiger partial charge is 0.349 e. The summed E-state index contributed by atoms with van der Waals surface area (Å²) in [6.07, 6.45) is 8.12. The predicted molar refractivity (Wildman–Crippen MR) is 114 cm³/mol. The van der Waals surface area contributed by atoms with Crippen LogP contribution in [0.2, 0.25) is 0 Å². The van der Waals surface area contributed by atoms with Gasteiger partial charge in [0.1, 0.15) is 5.54 Å². The Morgan fingerprint density at radius 3 is 2.31 bits per heavy atom.